The number of benzene rings is 3. The number of aliphatic hydroxyl groups excluding tert-OH is 1. The summed E-state index contributed by atoms with van der Waals surface area (Å²) in [5, 5.41) is 13.7. The van der Waals surface area contributed by atoms with Crippen LogP contribution < -0.4 is 14.8 Å². The van der Waals surface area contributed by atoms with Crippen molar-refractivity contribution in [2.75, 3.05) is 20.3 Å². The number of ether oxygens (including phenoxy) is 2. The third kappa shape index (κ3) is 5.84. The zero-order valence-corrected chi connectivity index (χ0v) is 16.2. The molecule has 0 heterocycles. The molecule has 0 aliphatic rings. The molecule has 4 nitrogen and oxygen atoms in total. The average Bonchev–Trinajstić information content (AvgIpc) is 2.76. The van der Waals surface area contributed by atoms with E-state index in [1.54, 1.807) is 7.11 Å². The summed E-state index contributed by atoms with van der Waals surface area (Å²) in [4.78, 5) is 0. The maximum atomic E-state index is 10.3. The van der Waals surface area contributed by atoms with Crippen LogP contribution in [0.15, 0.2) is 78.9 Å². The maximum Gasteiger partial charge on any atom is 0.161 e. The normalized spacial score (nSPS) is 11.8. The number of nitrogens with one attached hydrogen (secondary N) is 1. The Hall–Kier alpha value is -2.82. The summed E-state index contributed by atoms with van der Waals surface area (Å²) in [6.07, 6.45) is 0.321. The molecule has 1 atom stereocenters. The van der Waals surface area contributed by atoms with Crippen molar-refractivity contribution in [1.29, 1.82) is 0 Å². The van der Waals surface area contributed by atoms with E-state index in [1.165, 1.54) is 5.56 Å². The molecule has 0 bridgehead atoms. The lowest BCUT2D eigenvalue weighted by atomic mass is 10.1. The summed E-state index contributed by atoms with van der Waals surface area (Å²) in [5.74, 6) is 1.30. The second kappa shape index (κ2) is 10.5. The van der Waals surface area contributed by atoms with E-state index in [-0.39, 0.29) is 6.61 Å². The van der Waals surface area contributed by atoms with Crippen LogP contribution in [0.25, 0.3) is 0 Å². The van der Waals surface area contributed by atoms with E-state index in [2.05, 4.69) is 29.6 Å². The molecular formula is C24H27NO3. The van der Waals surface area contributed by atoms with E-state index in [0.717, 1.165) is 30.6 Å². The van der Waals surface area contributed by atoms with Crippen LogP contribution in [0.5, 0.6) is 11.5 Å². The van der Waals surface area contributed by atoms with Crippen molar-refractivity contribution in [2.45, 2.75) is 19.1 Å². The SMILES string of the molecule is COc1cc(CNCCc2ccccc2)ccc1OC[C@@H](O)c1ccccc1. The van der Waals surface area contributed by atoms with Crippen molar-refractivity contribution in [2.24, 2.45) is 0 Å². The monoisotopic (exact) mass is 377 g/mol. The Labute approximate surface area is 166 Å². The van der Waals surface area contributed by atoms with Gasteiger partial charge in [-0.25, -0.2) is 0 Å². The summed E-state index contributed by atoms with van der Waals surface area (Å²) < 4.78 is 11.3. The van der Waals surface area contributed by atoms with Crippen molar-refractivity contribution < 1.29 is 14.6 Å². The van der Waals surface area contributed by atoms with Crippen LogP contribution in [-0.4, -0.2) is 25.4 Å². The molecule has 0 saturated carbocycles. The van der Waals surface area contributed by atoms with E-state index >= 15 is 0 Å². The van der Waals surface area contributed by atoms with Gasteiger partial charge in [0.15, 0.2) is 11.5 Å². The number of rotatable bonds is 10. The van der Waals surface area contributed by atoms with Crippen molar-refractivity contribution in [3.63, 3.8) is 0 Å². The molecule has 3 aromatic rings. The van der Waals surface area contributed by atoms with Crippen molar-refractivity contribution >= 4 is 0 Å². The van der Waals surface area contributed by atoms with Crippen LogP contribution in [0.2, 0.25) is 0 Å². The fourth-order valence-corrected chi connectivity index (χ4v) is 2.99. The number of hydrogen-bond donors (Lipinski definition) is 2. The van der Waals surface area contributed by atoms with Gasteiger partial charge in [-0.1, -0.05) is 66.7 Å². The first-order valence-electron chi connectivity index (χ1n) is 9.53. The molecule has 0 aromatic heterocycles. The molecule has 0 aliphatic carbocycles. The van der Waals surface area contributed by atoms with Crippen molar-refractivity contribution in [3.05, 3.63) is 95.6 Å². The van der Waals surface area contributed by atoms with E-state index < -0.39 is 6.10 Å². The van der Waals surface area contributed by atoms with Gasteiger partial charge in [0.1, 0.15) is 12.7 Å². The van der Waals surface area contributed by atoms with Crippen LogP contribution in [0.3, 0.4) is 0 Å². The minimum Gasteiger partial charge on any atom is -0.493 e. The van der Waals surface area contributed by atoms with E-state index in [4.69, 9.17) is 9.47 Å². The van der Waals surface area contributed by atoms with Crippen molar-refractivity contribution in [3.8, 4) is 11.5 Å². The highest BCUT2D eigenvalue weighted by Gasteiger charge is 2.11. The minimum atomic E-state index is -0.676. The maximum absolute atomic E-state index is 10.3. The molecule has 3 rings (SSSR count). The molecule has 0 fully saturated rings. The largest absolute Gasteiger partial charge is 0.493 e. The lowest BCUT2D eigenvalue weighted by molar-refractivity contribution is 0.106. The van der Waals surface area contributed by atoms with Gasteiger partial charge in [0, 0.05) is 6.54 Å². The summed E-state index contributed by atoms with van der Waals surface area (Å²) in [6, 6.07) is 25.8. The molecule has 0 radical (unpaired) electrons. The molecule has 3 aromatic carbocycles. The molecule has 28 heavy (non-hydrogen) atoms. The van der Waals surface area contributed by atoms with E-state index in [1.807, 2.05) is 54.6 Å². The Kier molecular flexibility index (Phi) is 7.47. The zero-order chi connectivity index (χ0) is 19.6. The Morgan fingerprint density at radius 1 is 0.857 bits per heavy atom. The first-order chi connectivity index (χ1) is 13.8. The number of hydrogen-bond acceptors (Lipinski definition) is 4. The second-order valence-corrected chi connectivity index (χ2v) is 6.64. The zero-order valence-electron chi connectivity index (χ0n) is 16.2. The Morgan fingerprint density at radius 2 is 1.57 bits per heavy atom. The Morgan fingerprint density at radius 3 is 2.29 bits per heavy atom. The van der Waals surface area contributed by atoms with Crippen LogP contribution in [0.4, 0.5) is 0 Å². The van der Waals surface area contributed by atoms with E-state index in [9.17, 15) is 5.11 Å². The predicted octanol–water partition coefficient (Wildman–Crippen LogP) is 4.14. The summed E-state index contributed by atoms with van der Waals surface area (Å²) >= 11 is 0. The number of aliphatic hydroxyl groups is 1. The van der Waals surface area contributed by atoms with Crippen LogP contribution in [0, 0.1) is 0 Å². The minimum absolute atomic E-state index is 0.176. The highest BCUT2D eigenvalue weighted by molar-refractivity contribution is 5.43. The lowest BCUT2D eigenvalue weighted by Crippen LogP contribution is -2.16. The van der Waals surface area contributed by atoms with Crippen LogP contribution in [-0.2, 0) is 13.0 Å². The highest BCUT2D eigenvalue weighted by Crippen LogP contribution is 2.29. The molecule has 2 N–H and O–H groups in total. The van der Waals surface area contributed by atoms with Crippen molar-refractivity contribution in [1.82, 2.24) is 5.32 Å². The van der Waals surface area contributed by atoms with E-state index in [0.29, 0.717) is 11.5 Å². The molecular weight excluding hydrogens is 350 g/mol. The molecule has 4 heteroatoms. The summed E-state index contributed by atoms with van der Waals surface area (Å²) in [7, 11) is 1.63. The molecule has 0 amide bonds. The van der Waals surface area contributed by atoms with Gasteiger partial charge in [0.2, 0.25) is 0 Å². The van der Waals surface area contributed by atoms with Gasteiger partial charge >= 0.3 is 0 Å². The first-order valence-corrected chi connectivity index (χ1v) is 9.53. The molecule has 0 unspecified atom stereocenters. The second-order valence-electron chi connectivity index (χ2n) is 6.64. The Balaban J connectivity index is 1.50. The van der Waals surface area contributed by atoms with Gasteiger partial charge in [-0.15, -0.1) is 0 Å². The first kappa shape index (κ1) is 19.9. The summed E-state index contributed by atoms with van der Waals surface area (Å²) in [5.41, 5.74) is 3.29. The smallest absolute Gasteiger partial charge is 0.161 e. The standard InChI is InChI=1S/C24H27NO3/c1-27-24-16-20(17-25-15-14-19-8-4-2-5-9-19)12-13-23(24)28-18-22(26)21-10-6-3-7-11-21/h2-13,16,22,25-26H,14-15,17-18H2,1H3/t22-/m1/s1. The highest BCUT2D eigenvalue weighted by atomic mass is 16.5. The molecule has 0 saturated heterocycles. The van der Waals surface area contributed by atoms with Crippen LogP contribution in [0.1, 0.15) is 22.8 Å². The molecule has 0 aliphatic heterocycles. The predicted molar refractivity (Wildman–Crippen MR) is 112 cm³/mol. The van der Waals surface area contributed by atoms with Gasteiger partial charge in [-0.2, -0.15) is 0 Å². The summed E-state index contributed by atoms with van der Waals surface area (Å²) in [6.45, 7) is 1.85. The van der Waals surface area contributed by atoms with Crippen LogP contribution >= 0.6 is 0 Å². The lowest BCUT2D eigenvalue weighted by Gasteiger charge is -2.15. The topological polar surface area (TPSA) is 50.7 Å². The molecule has 146 valence electrons. The van der Waals surface area contributed by atoms with Gasteiger partial charge < -0.3 is 19.9 Å². The fraction of sp³-hybridized carbons (Fsp3) is 0.250. The Bertz CT molecular complexity index is 837. The van der Waals surface area contributed by atoms with Gasteiger partial charge in [0.05, 0.1) is 7.11 Å². The number of methoxy groups -OCH3 is 1. The van der Waals surface area contributed by atoms with Gasteiger partial charge in [-0.05, 0) is 41.8 Å². The van der Waals surface area contributed by atoms with Gasteiger partial charge in [0.25, 0.3) is 0 Å². The molecule has 0 spiro atoms. The third-order valence-electron chi connectivity index (χ3n) is 4.57. The van der Waals surface area contributed by atoms with Gasteiger partial charge in [-0.3, -0.25) is 0 Å². The fourth-order valence-electron chi connectivity index (χ4n) is 2.99. The third-order valence-corrected chi connectivity index (χ3v) is 4.57. The quantitative estimate of drug-likeness (QED) is 0.522. The average molecular weight is 377 g/mol.